The number of hydrogen-bond acceptors (Lipinski definition) is 6. The summed E-state index contributed by atoms with van der Waals surface area (Å²) >= 11 is 0. The predicted octanol–water partition coefficient (Wildman–Crippen LogP) is 2.55. The summed E-state index contributed by atoms with van der Waals surface area (Å²) in [5.74, 6) is 0.403. The summed E-state index contributed by atoms with van der Waals surface area (Å²) in [5.41, 5.74) is 0.231. The minimum Gasteiger partial charge on any atom is -0.377 e. The fourth-order valence-corrected chi connectivity index (χ4v) is 7.25. The molecule has 6 nitrogen and oxygen atoms in total. The second-order valence-electron chi connectivity index (χ2n) is 5.25. The highest BCUT2D eigenvalue weighted by molar-refractivity contribution is 6.62. The second kappa shape index (κ2) is 10.1. The van der Waals surface area contributed by atoms with Gasteiger partial charge in [-0.3, -0.25) is 0 Å². The molecular weight excluding hydrogens is 308 g/mol. The van der Waals surface area contributed by atoms with Crippen molar-refractivity contribution in [3.63, 3.8) is 0 Å². The molecule has 0 bridgehead atoms. The van der Waals surface area contributed by atoms with Gasteiger partial charge in [0, 0.05) is 54.2 Å². The van der Waals surface area contributed by atoms with Crippen LogP contribution in [0.25, 0.3) is 0 Å². The van der Waals surface area contributed by atoms with E-state index in [4.69, 9.17) is 26.6 Å². The van der Waals surface area contributed by atoms with Crippen molar-refractivity contribution in [1.29, 1.82) is 0 Å². The van der Waals surface area contributed by atoms with E-state index in [0.717, 1.165) is 18.9 Å². The molecular formula is C13H32O6Si2. The fourth-order valence-electron chi connectivity index (χ4n) is 2.72. The van der Waals surface area contributed by atoms with Crippen molar-refractivity contribution in [1.82, 2.24) is 0 Å². The standard InChI is InChI=1S/C13H32O6Si2/c1-12(2)13(21(17-6,18-7)19-8)10-9-11-20(14-3,15-4)16-5/h12-13H,9-11H2,1-8H3. The average molecular weight is 341 g/mol. The van der Waals surface area contributed by atoms with Crippen LogP contribution in [0.2, 0.25) is 11.6 Å². The van der Waals surface area contributed by atoms with Crippen LogP contribution in [-0.4, -0.2) is 60.3 Å². The van der Waals surface area contributed by atoms with Gasteiger partial charge in [-0.2, -0.15) is 0 Å². The zero-order valence-corrected chi connectivity index (χ0v) is 16.7. The van der Waals surface area contributed by atoms with Gasteiger partial charge in [-0.1, -0.05) is 13.8 Å². The third kappa shape index (κ3) is 5.40. The van der Waals surface area contributed by atoms with Crippen molar-refractivity contribution in [2.45, 2.75) is 38.3 Å². The van der Waals surface area contributed by atoms with Gasteiger partial charge in [-0.25, -0.2) is 0 Å². The molecule has 0 aromatic carbocycles. The Kier molecular flexibility index (Phi) is 10.2. The van der Waals surface area contributed by atoms with Gasteiger partial charge in [0.15, 0.2) is 0 Å². The quantitative estimate of drug-likeness (QED) is 0.509. The first-order valence-corrected chi connectivity index (χ1v) is 10.9. The maximum atomic E-state index is 5.63. The average Bonchev–Trinajstić information content (AvgIpc) is 2.52. The molecule has 8 heteroatoms. The highest BCUT2D eigenvalue weighted by atomic mass is 28.4. The van der Waals surface area contributed by atoms with Crippen LogP contribution < -0.4 is 0 Å². The molecule has 0 saturated heterocycles. The molecule has 0 fully saturated rings. The van der Waals surface area contributed by atoms with Crippen LogP contribution in [-0.2, 0) is 26.6 Å². The van der Waals surface area contributed by atoms with Crippen molar-refractivity contribution in [3.05, 3.63) is 0 Å². The van der Waals surface area contributed by atoms with Crippen LogP contribution in [0, 0.1) is 5.92 Å². The molecule has 0 radical (unpaired) electrons. The molecule has 128 valence electrons. The Labute approximate surface area is 131 Å². The number of hydrogen-bond donors (Lipinski definition) is 0. The lowest BCUT2D eigenvalue weighted by Crippen LogP contribution is -2.49. The van der Waals surface area contributed by atoms with Crippen LogP contribution in [0.4, 0.5) is 0 Å². The Balaban J connectivity index is 4.81. The van der Waals surface area contributed by atoms with Crippen molar-refractivity contribution in [3.8, 4) is 0 Å². The summed E-state index contributed by atoms with van der Waals surface area (Å²) in [7, 11) is 4.73. The van der Waals surface area contributed by atoms with Crippen molar-refractivity contribution < 1.29 is 26.6 Å². The van der Waals surface area contributed by atoms with Crippen molar-refractivity contribution in [2.24, 2.45) is 5.92 Å². The monoisotopic (exact) mass is 340 g/mol. The Hall–Kier alpha value is 0.194. The van der Waals surface area contributed by atoms with Gasteiger partial charge in [0.05, 0.1) is 0 Å². The van der Waals surface area contributed by atoms with Gasteiger partial charge < -0.3 is 26.6 Å². The van der Waals surface area contributed by atoms with Crippen LogP contribution in [0.1, 0.15) is 26.7 Å². The molecule has 0 rings (SSSR count). The lowest BCUT2D eigenvalue weighted by molar-refractivity contribution is 0.0998. The molecule has 0 amide bonds. The van der Waals surface area contributed by atoms with E-state index in [2.05, 4.69) is 13.8 Å². The molecule has 0 aliphatic rings. The first kappa shape index (κ1) is 21.2. The minimum atomic E-state index is -2.64. The lowest BCUT2D eigenvalue weighted by atomic mass is 10.1. The van der Waals surface area contributed by atoms with Crippen LogP contribution in [0.3, 0.4) is 0 Å². The zero-order chi connectivity index (χ0) is 16.5. The maximum absolute atomic E-state index is 5.63. The van der Waals surface area contributed by atoms with E-state index in [1.165, 1.54) is 0 Å². The summed E-state index contributed by atoms with van der Waals surface area (Å²) in [6.45, 7) is 4.33. The van der Waals surface area contributed by atoms with E-state index >= 15 is 0 Å². The largest absolute Gasteiger partial charge is 0.503 e. The smallest absolute Gasteiger partial charge is 0.377 e. The first-order chi connectivity index (χ1) is 9.90. The van der Waals surface area contributed by atoms with Crippen LogP contribution in [0.15, 0.2) is 0 Å². The molecule has 0 heterocycles. The molecule has 0 aliphatic carbocycles. The van der Waals surface area contributed by atoms with E-state index in [-0.39, 0.29) is 5.54 Å². The summed E-state index contributed by atoms with van der Waals surface area (Å²) in [6.07, 6.45) is 1.83. The Morgan fingerprint density at radius 3 is 1.43 bits per heavy atom. The summed E-state index contributed by atoms with van der Waals surface area (Å²) < 4.78 is 33.3. The third-order valence-corrected chi connectivity index (χ3v) is 10.4. The van der Waals surface area contributed by atoms with E-state index in [0.29, 0.717) is 5.92 Å². The molecule has 0 aromatic rings. The SMILES string of the molecule is CO[Si](CCCC(C(C)C)[Si](OC)(OC)OC)(OC)OC. The second-order valence-corrected chi connectivity index (χ2v) is 11.5. The van der Waals surface area contributed by atoms with Crippen LogP contribution >= 0.6 is 0 Å². The molecule has 0 spiro atoms. The van der Waals surface area contributed by atoms with E-state index < -0.39 is 17.6 Å². The van der Waals surface area contributed by atoms with Gasteiger partial charge >= 0.3 is 17.6 Å². The van der Waals surface area contributed by atoms with Crippen molar-refractivity contribution >= 4 is 17.6 Å². The zero-order valence-electron chi connectivity index (χ0n) is 14.7. The van der Waals surface area contributed by atoms with Gasteiger partial charge in [0.1, 0.15) is 0 Å². The van der Waals surface area contributed by atoms with Gasteiger partial charge in [0.25, 0.3) is 0 Å². The molecule has 0 aromatic heterocycles. The predicted molar refractivity (Wildman–Crippen MR) is 86.2 cm³/mol. The molecule has 0 aliphatic heterocycles. The third-order valence-electron chi connectivity index (χ3n) is 4.04. The highest BCUT2D eigenvalue weighted by Crippen LogP contribution is 2.36. The molecule has 1 atom stereocenters. The summed E-state index contributed by atoms with van der Waals surface area (Å²) in [5, 5.41) is 0. The topological polar surface area (TPSA) is 55.4 Å². The van der Waals surface area contributed by atoms with Gasteiger partial charge in [-0.15, -0.1) is 0 Å². The molecule has 0 saturated carbocycles. The maximum Gasteiger partial charge on any atom is 0.503 e. The fraction of sp³-hybridized carbons (Fsp3) is 1.00. The molecule has 21 heavy (non-hydrogen) atoms. The minimum absolute atomic E-state index is 0.231. The van der Waals surface area contributed by atoms with Crippen LogP contribution in [0.5, 0.6) is 0 Å². The lowest BCUT2D eigenvalue weighted by Gasteiger charge is -2.35. The summed E-state index contributed by atoms with van der Waals surface area (Å²) in [4.78, 5) is 0. The van der Waals surface area contributed by atoms with Crippen molar-refractivity contribution in [2.75, 3.05) is 42.7 Å². The number of rotatable bonds is 12. The van der Waals surface area contributed by atoms with Gasteiger partial charge in [0.2, 0.25) is 0 Å². The summed E-state index contributed by atoms with van der Waals surface area (Å²) in [6, 6.07) is 0.765. The van der Waals surface area contributed by atoms with Gasteiger partial charge in [-0.05, 0) is 18.8 Å². The Morgan fingerprint density at radius 1 is 0.714 bits per heavy atom. The highest BCUT2D eigenvalue weighted by Gasteiger charge is 2.49. The van der Waals surface area contributed by atoms with E-state index in [1.807, 2.05) is 0 Å². The Morgan fingerprint density at radius 2 is 1.14 bits per heavy atom. The Bertz CT molecular complexity index is 253. The molecule has 1 unspecified atom stereocenters. The normalized spacial score (nSPS) is 14.7. The van der Waals surface area contributed by atoms with E-state index in [9.17, 15) is 0 Å². The van der Waals surface area contributed by atoms with E-state index in [1.54, 1.807) is 42.7 Å². The molecule has 0 N–H and O–H groups in total. The first-order valence-electron chi connectivity index (χ1n) is 7.21.